The fourth-order valence-corrected chi connectivity index (χ4v) is 1.72. The van der Waals surface area contributed by atoms with E-state index in [0.717, 1.165) is 16.8 Å². The van der Waals surface area contributed by atoms with Crippen molar-refractivity contribution in [2.24, 2.45) is 0 Å². The van der Waals surface area contributed by atoms with Crippen LogP contribution in [0.25, 0.3) is 0 Å². The molecule has 1 aromatic carbocycles. The molecule has 0 heterocycles. The number of anilines is 1. The molecule has 3 heteroatoms. The van der Waals surface area contributed by atoms with Crippen LogP contribution in [0.15, 0.2) is 30.0 Å². The highest BCUT2D eigenvalue weighted by atomic mass is 14.9. The monoisotopic (exact) mass is 239 g/mol. The fourth-order valence-electron chi connectivity index (χ4n) is 1.72. The van der Waals surface area contributed by atoms with E-state index in [2.05, 4.69) is 32.2 Å². The van der Waals surface area contributed by atoms with E-state index in [1.807, 2.05) is 31.2 Å². The molecular formula is C15H17N3. The zero-order valence-electron chi connectivity index (χ0n) is 11.2. The minimum atomic E-state index is 0.00163. The number of nitrogens with one attached hydrogen (secondary N) is 1. The summed E-state index contributed by atoms with van der Waals surface area (Å²) < 4.78 is 0. The Morgan fingerprint density at radius 1 is 1.22 bits per heavy atom. The molecule has 3 nitrogen and oxygen atoms in total. The first-order chi connectivity index (χ1) is 8.40. The average molecular weight is 239 g/mol. The maximum absolute atomic E-state index is 8.72. The summed E-state index contributed by atoms with van der Waals surface area (Å²) in [7, 11) is 0. The van der Waals surface area contributed by atoms with Crippen LogP contribution >= 0.6 is 0 Å². The third-order valence-electron chi connectivity index (χ3n) is 2.68. The molecule has 0 saturated carbocycles. The van der Waals surface area contributed by atoms with Gasteiger partial charge in [-0.1, -0.05) is 39.0 Å². The van der Waals surface area contributed by atoms with Crippen molar-refractivity contribution >= 4 is 5.69 Å². The number of hydrogen-bond donors (Lipinski definition) is 1. The van der Waals surface area contributed by atoms with Crippen molar-refractivity contribution in [3.05, 3.63) is 41.1 Å². The van der Waals surface area contributed by atoms with Gasteiger partial charge in [0.25, 0.3) is 0 Å². The Labute approximate surface area is 108 Å². The van der Waals surface area contributed by atoms with E-state index in [0.29, 0.717) is 0 Å². The summed E-state index contributed by atoms with van der Waals surface area (Å²) in [6, 6.07) is 9.75. The largest absolute Gasteiger partial charge is 0.359 e. The zero-order chi connectivity index (χ0) is 13.8. The summed E-state index contributed by atoms with van der Waals surface area (Å²) in [6.07, 6.45) is 1.46. The molecule has 0 saturated heterocycles. The Morgan fingerprint density at radius 2 is 1.83 bits per heavy atom. The van der Waals surface area contributed by atoms with Gasteiger partial charge in [0.05, 0.1) is 0 Å². The van der Waals surface area contributed by atoms with Gasteiger partial charge in [0.1, 0.15) is 17.7 Å². The molecule has 18 heavy (non-hydrogen) atoms. The van der Waals surface area contributed by atoms with E-state index >= 15 is 0 Å². The van der Waals surface area contributed by atoms with Crippen LogP contribution in [0.5, 0.6) is 0 Å². The lowest BCUT2D eigenvalue weighted by Gasteiger charge is -2.24. The number of allylic oxidation sites excluding steroid dienone is 1. The zero-order valence-corrected chi connectivity index (χ0v) is 11.2. The van der Waals surface area contributed by atoms with Crippen LogP contribution in [0, 0.1) is 29.6 Å². The van der Waals surface area contributed by atoms with Crippen molar-refractivity contribution in [2.45, 2.75) is 33.1 Å². The molecule has 0 bridgehead atoms. The van der Waals surface area contributed by atoms with Gasteiger partial charge in [-0.05, 0) is 23.5 Å². The molecule has 0 fully saturated rings. The molecule has 0 amide bonds. The predicted molar refractivity (Wildman–Crippen MR) is 72.8 cm³/mol. The Kier molecular flexibility index (Phi) is 4.13. The average Bonchev–Trinajstić information content (AvgIpc) is 2.30. The predicted octanol–water partition coefficient (Wildman–Crippen LogP) is 3.64. The van der Waals surface area contributed by atoms with Gasteiger partial charge < -0.3 is 5.32 Å². The number of rotatable bonds is 2. The van der Waals surface area contributed by atoms with Gasteiger partial charge in [0, 0.05) is 11.9 Å². The lowest BCUT2D eigenvalue weighted by molar-refractivity contribution is 0.592. The SMILES string of the molecule is Cc1cccc(C(C)(C)C)c1NC=C(C#N)C#N. The second kappa shape index (κ2) is 5.38. The number of benzene rings is 1. The molecule has 0 radical (unpaired) electrons. The molecule has 0 spiro atoms. The molecule has 0 aliphatic rings. The van der Waals surface area contributed by atoms with E-state index in [9.17, 15) is 0 Å². The van der Waals surface area contributed by atoms with E-state index in [4.69, 9.17) is 10.5 Å². The lowest BCUT2D eigenvalue weighted by Crippen LogP contribution is -2.14. The fraction of sp³-hybridized carbons (Fsp3) is 0.333. The highest BCUT2D eigenvalue weighted by Crippen LogP contribution is 2.31. The number of nitrogens with zero attached hydrogens (tertiary/aromatic N) is 2. The molecule has 1 N–H and O–H groups in total. The third kappa shape index (κ3) is 3.12. The van der Waals surface area contributed by atoms with Gasteiger partial charge >= 0.3 is 0 Å². The number of aryl methyl sites for hydroxylation is 1. The Bertz CT molecular complexity index is 533. The van der Waals surface area contributed by atoms with E-state index in [1.54, 1.807) is 0 Å². The quantitative estimate of drug-likeness (QED) is 0.801. The van der Waals surface area contributed by atoms with Crippen molar-refractivity contribution in [1.29, 1.82) is 10.5 Å². The summed E-state index contributed by atoms with van der Waals surface area (Å²) in [6.45, 7) is 8.40. The summed E-state index contributed by atoms with van der Waals surface area (Å²) in [5.41, 5.74) is 3.29. The second-order valence-electron chi connectivity index (χ2n) is 5.17. The number of para-hydroxylation sites is 1. The van der Waals surface area contributed by atoms with Crippen LogP contribution in [0.2, 0.25) is 0 Å². The van der Waals surface area contributed by atoms with Crippen LogP contribution in [-0.4, -0.2) is 0 Å². The first kappa shape index (κ1) is 13.8. The lowest BCUT2D eigenvalue weighted by atomic mass is 9.84. The van der Waals surface area contributed by atoms with Gasteiger partial charge in [0.15, 0.2) is 0 Å². The molecule has 1 rings (SSSR count). The van der Waals surface area contributed by atoms with Crippen molar-refractivity contribution in [1.82, 2.24) is 0 Å². The van der Waals surface area contributed by atoms with E-state index in [1.165, 1.54) is 6.20 Å². The molecule has 0 atom stereocenters. The van der Waals surface area contributed by atoms with Crippen LogP contribution < -0.4 is 5.32 Å². The van der Waals surface area contributed by atoms with E-state index in [-0.39, 0.29) is 11.0 Å². The van der Waals surface area contributed by atoms with Gasteiger partial charge in [-0.3, -0.25) is 0 Å². The third-order valence-corrected chi connectivity index (χ3v) is 2.68. The maximum atomic E-state index is 8.72. The van der Waals surface area contributed by atoms with Crippen molar-refractivity contribution in [3.63, 3.8) is 0 Å². The molecule has 0 aliphatic carbocycles. The van der Waals surface area contributed by atoms with E-state index < -0.39 is 0 Å². The van der Waals surface area contributed by atoms with Crippen LogP contribution in [0.4, 0.5) is 5.69 Å². The molecule has 0 unspecified atom stereocenters. The Hall–Kier alpha value is -2.26. The maximum Gasteiger partial charge on any atom is 0.145 e. The van der Waals surface area contributed by atoms with Crippen molar-refractivity contribution < 1.29 is 0 Å². The minimum absolute atomic E-state index is 0.00163. The summed E-state index contributed by atoms with van der Waals surface area (Å²) >= 11 is 0. The van der Waals surface area contributed by atoms with Crippen molar-refractivity contribution in [2.75, 3.05) is 5.32 Å². The normalized spacial score (nSPS) is 10.1. The topological polar surface area (TPSA) is 59.6 Å². The summed E-state index contributed by atoms with van der Waals surface area (Å²) in [5.74, 6) is 0. The Balaban J connectivity index is 3.22. The standard InChI is InChI=1S/C15H17N3/c1-11-6-5-7-13(15(2,3)4)14(11)18-10-12(8-16)9-17/h5-7,10,18H,1-4H3. The molecule has 92 valence electrons. The first-order valence-corrected chi connectivity index (χ1v) is 5.77. The molecule has 1 aromatic rings. The number of hydrogen-bond acceptors (Lipinski definition) is 3. The van der Waals surface area contributed by atoms with Gasteiger partial charge in [-0.2, -0.15) is 10.5 Å². The van der Waals surface area contributed by atoms with Gasteiger partial charge in [-0.25, -0.2) is 0 Å². The van der Waals surface area contributed by atoms with Crippen LogP contribution in [-0.2, 0) is 5.41 Å². The first-order valence-electron chi connectivity index (χ1n) is 5.77. The second-order valence-corrected chi connectivity index (χ2v) is 5.17. The Morgan fingerprint density at radius 3 is 2.33 bits per heavy atom. The molecule has 0 aliphatic heterocycles. The highest BCUT2D eigenvalue weighted by Gasteiger charge is 2.18. The number of nitriles is 2. The summed E-state index contributed by atoms with van der Waals surface area (Å²) in [5, 5.41) is 20.5. The minimum Gasteiger partial charge on any atom is -0.359 e. The van der Waals surface area contributed by atoms with Crippen LogP contribution in [0.1, 0.15) is 31.9 Å². The van der Waals surface area contributed by atoms with Gasteiger partial charge in [0.2, 0.25) is 0 Å². The smallest absolute Gasteiger partial charge is 0.145 e. The highest BCUT2D eigenvalue weighted by molar-refractivity contribution is 5.62. The van der Waals surface area contributed by atoms with Crippen molar-refractivity contribution in [3.8, 4) is 12.1 Å². The molecule has 0 aromatic heterocycles. The van der Waals surface area contributed by atoms with Crippen LogP contribution in [0.3, 0.4) is 0 Å². The summed E-state index contributed by atoms with van der Waals surface area (Å²) in [4.78, 5) is 0. The van der Waals surface area contributed by atoms with Gasteiger partial charge in [-0.15, -0.1) is 0 Å². The molecular weight excluding hydrogens is 222 g/mol.